The average Bonchev–Trinajstić information content (AvgIpc) is 2.56. The zero-order valence-electron chi connectivity index (χ0n) is 11.9. The van der Waals surface area contributed by atoms with Gasteiger partial charge in [0.25, 0.3) is 0 Å². The van der Waals surface area contributed by atoms with E-state index in [1.54, 1.807) is 6.07 Å². The summed E-state index contributed by atoms with van der Waals surface area (Å²) in [5.74, 6) is 0. The van der Waals surface area contributed by atoms with Crippen molar-refractivity contribution in [3.05, 3.63) is 40.2 Å². The molecule has 1 aliphatic heterocycles. The van der Waals surface area contributed by atoms with E-state index in [9.17, 15) is 18.0 Å². The highest BCUT2D eigenvalue weighted by Crippen LogP contribution is 2.22. The lowest BCUT2D eigenvalue weighted by atomic mass is 10.1. The summed E-state index contributed by atoms with van der Waals surface area (Å²) in [7, 11) is -3.60. The van der Waals surface area contributed by atoms with Gasteiger partial charge in [-0.25, -0.2) is 8.42 Å². The average molecular weight is 320 g/mol. The molecule has 0 unspecified atom stereocenters. The van der Waals surface area contributed by atoms with Crippen molar-refractivity contribution < 1.29 is 13.2 Å². The van der Waals surface area contributed by atoms with E-state index >= 15 is 0 Å². The molecule has 0 radical (unpaired) electrons. The third-order valence-corrected chi connectivity index (χ3v) is 5.86. The molecule has 0 amide bonds. The van der Waals surface area contributed by atoms with Gasteiger partial charge in [0.05, 0.1) is 10.5 Å². The molecule has 7 heteroatoms. The Balaban J connectivity index is 2.13. The molecule has 22 heavy (non-hydrogen) atoms. The first-order valence-corrected chi connectivity index (χ1v) is 8.59. The maximum absolute atomic E-state index is 12.6. The van der Waals surface area contributed by atoms with Crippen LogP contribution < -0.4 is 5.43 Å². The van der Waals surface area contributed by atoms with Gasteiger partial charge >= 0.3 is 0 Å². The number of aromatic nitrogens is 1. The van der Waals surface area contributed by atoms with Crippen molar-refractivity contribution in [3.8, 4) is 0 Å². The van der Waals surface area contributed by atoms with Crippen molar-refractivity contribution in [2.45, 2.75) is 24.2 Å². The van der Waals surface area contributed by atoms with Crippen LogP contribution >= 0.6 is 0 Å². The van der Waals surface area contributed by atoms with Crippen molar-refractivity contribution in [1.82, 2.24) is 9.29 Å². The SMILES string of the molecule is O=Cc1c[nH]c2ccc(S(=O)(=O)N3CCCCC3)cc2c1=O. The van der Waals surface area contributed by atoms with E-state index in [4.69, 9.17) is 0 Å². The fraction of sp³-hybridized carbons (Fsp3) is 0.333. The number of nitrogens with one attached hydrogen (secondary N) is 1. The van der Waals surface area contributed by atoms with Gasteiger partial charge < -0.3 is 4.98 Å². The van der Waals surface area contributed by atoms with Gasteiger partial charge in [-0.3, -0.25) is 9.59 Å². The number of aldehydes is 1. The summed E-state index contributed by atoms with van der Waals surface area (Å²) in [4.78, 5) is 25.9. The number of carbonyl (C=O) groups excluding carboxylic acids is 1. The Kier molecular flexibility index (Phi) is 3.84. The van der Waals surface area contributed by atoms with Gasteiger partial charge in [-0.1, -0.05) is 6.42 Å². The molecule has 1 aromatic carbocycles. The molecule has 0 saturated carbocycles. The number of hydrogen-bond acceptors (Lipinski definition) is 4. The second-order valence-corrected chi connectivity index (χ2v) is 7.30. The summed E-state index contributed by atoms with van der Waals surface area (Å²) < 4.78 is 26.7. The van der Waals surface area contributed by atoms with E-state index < -0.39 is 15.5 Å². The number of carbonyl (C=O) groups is 1. The summed E-state index contributed by atoms with van der Waals surface area (Å²) in [5, 5.41) is 0.211. The number of hydrogen-bond donors (Lipinski definition) is 1. The van der Waals surface area contributed by atoms with Crippen LogP contribution in [0.1, 0.15) is 29.6 Å². The molecule has 116 valence electrons. The zero-order chi connectivity index (χ0) is 15.7. The van der Waals surface area contributed by atoms with E-state index in [0.717, 1.165) is 19.3 Å². The molecule has 6 nitrogen and oxygen atoms in total. The first-order chi connectivity index (χ1) is 10.5. The molecule has 2 aromatic rings. The Labute approximate surface area is 127 Å². The molecular weight excluding hydrogens is 304 g/mol. The summed E-state index contributed by atoms with van der Waals surface area (Å²) in [6.07, 6.45) is 4.53. The van der Waals surface area contributed by atoms with E-state index in [2.05, 4.69) is 4.98 Å². The lowest BCUT2D eigenvalue weighted by Crippen LogP contribution is -2.35. The Morgan fingerprint density at radius 3 is 2.55 bits per heavy atom. The molecule has 1 fully saturated rings. The smallest absolute Gasteiger partial charge is 0.243 e. The molecule has 0 spiro atoms. The van der Waals surface area contributed by atoms with Gasteiger partial charge in [0.1, 0.15) is 0 Å². The minimum atomic E-state index is -3.60. The quantitative estimate of drug-likeness (QED) is 0.869. The van der Waals surface area contributed by atoms with E-state index in [1.165, 1.54) is 22.6 Å². The summed E-state index contributed by atoms with van der Waals surface area (Å²) in [5.41, 5.74) is 0.0349. The Bertz CT molecular complexity index is 880. The van der Waals surface area contributed by atoms with Crippen LogP contribution in [-0.4, -0.2) is 37.1 Å². The zero-order valence-corrected chi connectivity index (χ0v) is 12.7. The standard InChI is InChI=1S/C15H16N2O4S/c18-10-11-9-16-14-5-4-12(8-13(14)15(11)19)22(20,21)17-6-2-1-3-7-17/h4-5,8-10H,1-3,6-7H2,(H,16,19). The molecular formula is C15H16N2O4S. The second-order valence-electron chi connectivity index (χ2n) is 5.36. The Hall–Kier alpha value is -1.99. The molecule has 2 heterocycles. The fourth-order valence-electron chi connectivity index (χ4n) is 2.72. The van der Waals surface area contributed by atoms with Crippen LogP contribution in [0.25, 0.3) is 10.9 Å². The molecule has 0 atom stereocenters. The number of benzene rings is 1. The van der Waals surface area contributed by atoms with E-state index in [1.807, 2.05) is 0 Å². The number of aromatic amines is 1. The predicted molar refractivity (Wildman–Crippen MR) is 82.6 cm³/mol. The monoisotopic (exact) mass is 320 g/mol. The number of fused-ring (bicyclic) bond motifs is 1. The Morgan fingerprint density at radius 2 is 1.86 bits per heavy atom. The molecule has 0 bridgehead atoms. The number of H-pyrrole nitrogens is 1. The third kappa shape index (κ3) is 2.46. The Morgan fingerprint density at radius 1 is 1.14 bits per heavy atom. The van der Waals surface area contributed by atoms with Crippen LogP contribution in [-0.2, 0) is 10.0 Å². The number of sulfonamides is 1. The highest BCUT2D eigenvalue weighted by molar-refractivity contribution is 7.89. The molecule has 3 rings (SSSR count). The third-order valence-electron chi connectivity index (χ3n) is 3.96. The van der Waals surface area contributed by atoms with Gasteiger partial charge in [-0.05, 0) is 31.0 Å². The minimum absolute atomic E-state index is 0.0139. The second kappa shape index (κ2) is 5.66. The number of rotatable bonds is 3. The van der Waals surface area contributed by atoms with Gasteiger partial charge in [0.15, 0.2) is 11.7 Å². The van der Waals surface area contributed by atoms with Crippen LogP contribution in [0.5, 0.6) is 0 Å². The molecule has 0 aliphatic carbocycles. The highest BCUT2D eigenvalue weighted by atomic mass is 32.2. The highest BCUT2D eigenvalue weighted by Gasteiger charge is 2.26. The maximum atomic E-state index is 12.6. The molecule has 1 N–H and O–H groups in total. The number of piperidine rings is 1. The van der Waals surface area contributed by atoms with Crippen LogP contribution in [0.3, 0.4) is 0 Å². The molecule has 1 saturated heterocycles. The van der Waals surface area contributed by atoms with Crippen molar-refractivity contribution in [3.63, 3.8) is 0 Å². The van der Waals surface area contributed by atoms with Crippen LogP contribution in [0.4, 0.5) is 0 Å². The van der Waals surface area contributed by atoms with Gasteiger partial charge in [0, 0.05) is 30.2 Å². The summed E-state index contributed by atoms with van der Waals surface area (Å²) >= 11 is 0. The first kappa shape index (κ1) is 14.9. The lowest BCUT2D eigenvalue weighted by molar-refractivity contribution is 0.112. The van der Waals surface area contributed by atoms with Crippen LogP contribution in [0.2, 0.25) is 0 Å². The summed E-state index contributed by atoms with van der Waals surface area (Å²) in [6, 6.07) is 4.40. The molecule has 1 aliphatic rings. The van der Waals surface area contributed by atoms with Crippen molar-refractivity contribution >= 4 is 27.2 Å². The normalized spacial score (nSPS) is 16.7. The van der Waals surface area contributed by atoms with Gasteiger partial charge in [0.2, 0.25) is 10.0 Å². The lowest BCUT2D eigenvalue weighted by Gasteiger charge is -2.25. The minimum Gasteiger partial charge on any atom is -0.360 e. The van der Waals surface area contributed by atoms with Crippen LogP contribution in [0.15, 0.2) is 34.1 Å². The predicted octanol–water partition coefficient (Wildman–Crippen LogP) is 1.52. The van der Waals surface area contributed by atoms with Gasteiger partial charge in [-0.2, -0.15) is 4.31 Å². The van der Waals surface area contributed by atoms with E-state index in [0.29, 0.717) is 24.9 Å². The van der Waals surface area contributed by atoms with Crippen molar-refractivity contribution in [1.29, 1.82) is 0 Å². The van der Waals surface area contributed by atoms with E-state index in [-0.39, 0.29) is 15.8 Å². The first-order valence-electron chi connectivity index (χ1n) is 7.15. The largest absolute Gasteiger partial charge is 0.360 e. The van der Waals surface area contributed by atoms with Gasteiger partial charge in [-0.15, -0.1) is 0 Å². The number of nitrogens with zero attached hydrogens (tertiary/aromatic N) is 1. The number of pyridine rings is 1. The molecule has 1 aromatic heterocycles. The van der Waals surface area contributed by atoms with Crippen molar-refractivity contribution in [2.75, 3.05) is 13.1 Å². The topological polar surface area (TPSA) is 87.3 Å². The summed E-state index contributed by atoms with van der Waals surface area (Å²) in [6.45, 7) is 1.01. The van der Waals surface area contributed by atoms with Crippen LogP contribution in [0, 0.1) is 0 Å². The van der Waals surface area contributed by atoms with Crippen molar-refractivity contribution in [2.24, 2.45) is 0 Å². The fourth-order valence-corrected chi connectivity index (χ4v) is 4.26. The maximum Gasteiger partial charge on any atom is 0.243 e.